The lowest BCUT2D eigenvalue weighted by Crippen LogP contribution is -2.50. The van der Waals surface area contributed by atoms with Gasteiger partial charge in [-0.25, -0.2) is 9.59 Å². The summed E-state index contributed by atoms with van der Waals surface area (Å²) in [5.74, 6) is 0.306. The molecule has 46 heavy (non-hydrogen) atoms. The molecule has 0 N–H and O–H groups in total. The number of nitrogens with zero attached hydrogens (tertiary/aromatic N) is 4. The van der Waals surface area contributed by atoms with Crippen molar-refractivity contribution in [3.63, 3.8) is 0 Å². The van der Waals surface area contributed by atoms with Crippen LogP contribution in [0.5, 0.6) is 5.75 Å². The van der Waals surface area contributed by atoms with Crippen LogP contribution in [0.15, 0.2) is 85.1 Å². The normalized spacial score (nSPS) is 13.8. The lowest BCUT2D eigenvalue weighted by Gasteiger charge is -2.35. The summed E-state index contributed by atoms with van der Waals surface area (Å²) in [6.45, 7) is 10.9. The highest BCUT2D eigenvalue weighted by atomic mass is 16.6. The van der Waals surface area contributed by atoms with E-state index < -0.39 is 11.6 Å². The Morgan fingerprint density at radius 1 is 0.870 bits per heavy atom. The van der Waals surface area contributed by atoms with Crippen molar-refractivity contribution >= 4 is 28.7 Å². The predicted octanol–water partition coefficient (Wildman–Crippen LogP) is 6.55. The van der Waals surface area contributed by atoms with Crippen LogP contribution in [0.2, 0.25) is 0 Å². The van der Waals surface area contributed by atoms with Gasteiger partial charge in [0.2, 0.25) is 0 Å². The highest BCUT2D eigenvalue weighted by Crippen LogP contribution is 2.34. The fraction of sp³-hybridized carbons (Fsp3) is 0.378. The van der Waals surface area contributed by atoms with Gasteiger partial charge < -0.3 is 24.0 Å². The molecule has 4 aromatic rings. The molecule has 0 atom stereocenters. The molecule has 0 aliphatic carbocycles. The Kier molecular flexibility index (Phi) is 10.8. The van der Waals surface area contributed by atoms with E-state index >= 15 is 0 Å². The zero-order chi connectivity index (χ0) is 32.5. The molecule has 1 fully saturated rings. The van der Waals surface area contributed by atoms with Crippen molar-refractivity contribution < 1.29 is 23.8 Å². The van der Waals surface area contributed by atoms with Gasteiger partial charge in [0.05, 0.1) is 16.8 Å². The number of rotatable bonds is 11. The lowest BCUT2D eigenvalue weighted by molar-refractivity contribution is 0.0145. The zero-order valence-corrected chi connectivity index (χ0v) is 27.3. The quantitative estimate of drug-likeness (QED) is 0.174. The molecule has 2 heterocycles. The summed E-state index contributed by atoms with van der Waals surface area (Å²) in [6.07, 6.45) is 2.30. The van der Waals surface area contributed by atoms with E-state index in [-0.39, 0.29) is 12.7 Å². The molecular formula is C37H44N4O5. The first kappa shape index (κ1) is 32.8. The molecule has 1 aromatic heterocycles. The van der Waals surface area contributed by atoms with Gasteiger partial charge in [0.25, 0.3) is 0 Å². The first-order chi connectivity index (χ1) is 22.2. The molecule has 1 amide bonds. The molecule has 0 saturated carbocycles. The average molecular weight is 625 g/mol. The number of anilines is 1. The molecule has 9 nitrogen and oxygen atoms in total. The third-order valence-electron chi connectivity index (χ3n) is 7.90. The largest absolute Gasteiger partial charge is 0.487 e. The number of esters is 1. The molecule has 0 radical (unpaired) electrons. The van der Waals surface area contributed by atoms with Crippen molar-refractivity contribution in [2.75, 3.05) is 51.2 Å². The van der Waals surface area contributed by atoms with E-state index in [1.165, 1.54) is 0 Å². The molecule has 0 bridgehead atoms. The number of aromatic nitrogens is 1. The number of hydrogen-bond acceptors (Lipinski definition) is 8. The number of pyridine rings is 1. The molecule has 1 aliphatic rings. The monoisotopic (exact) mass is 624 g/mol. The molecule has 3 aromatic carbocycles. The Labute approximate surface area is 271 Å². The lowest BCUT2D eigenvalue weighted by atomic mass is 10.1. The summed E-state index contributed by atoms with van der Waals surface area (Å²) in [4.78, 5) is 36.6. The van der Waals surface area contributed by atoms with Crippen molar-refractivity contribution in [2.45, 2.75) is 46.0 Å². The summed E-state index contributed by atoms with van der Waals surface area (Å²) in [7, 11) is 2.04. The Hall–Kier alpha value is -4.63. The summed E-state index contributed by atoms with van der Waals surface area (Å²) in [6, 6.07) is 25.3. The minimum atomic E-state index is -0.496. The van der Waals surface area contributed by atoms with Gasteiger partial charge in [0.15, 0.2) is 0 Å². The van der Waals surface area contributed by atoms with Gasteiger partial charge in [-0.2, -0.15) is 0 Å². The Morgan fingerprint density at radius 2 is 1.52 bits per heavy atom. The molecule has 5 rings (SSSR count). The van der Waals surface area contributed by atoms with Gasteiger partial charge in [-0.15, -0.1) is 0 Å². The van der Waals surface area contributed by atoms with Crippen molar-refractivity contribution in [3.05, 3.63) is 102 Å². The standard InChI is InChI=1S/C37H44N4O5/c1-37(2,3)46-36(43)41-22-20-40(21-23-41)19-11-18-39(4)33-24-31-30(35(42)45-27-29-14-9-6-10-15-29)16-17-38-32(31)25-34(33)44-26-28-12-7-5-8-13-28/h5-10,12-17,24-25H,11,18-23,26-27H2,1-4H3. The smallest absolute Gasteiger partial charge is 0.410 e. The fourth-order valence-corrected chi connectivity index (χ4v) is 5.42. The Morgan fingerprint density at radius 3 is 2.17 bits per heavy atom. The van der Waals surface area contributed by atoms with Crippen molar-refractivity contribution in [1.82, 2.24) is 14.8 Å². The van der Waals surface area contributed by atoms with Gasteiger partial charge in [0.1, 0.15) is 24.6 Å². The number of fused-ring (bicyclic) bond motifs is 1. The van der Waals surface area contributed by atoms with Crippen LogP contribution < -0.4 is 9.64 Å². The molecule has 0 spiro atoms. The van der Waals surface area contributed by atoms with E-state index in [1.54, 1.807) is 17.2 Å². The third kappa shape index (κ3) is 8.97. The maximum Gasteiger partial charge on any atom is 0.410 e. The van der Waals surface area contributed by atoms with Gasteiger partial charge in [-0.05, 0) is 57.0 Å². The number of ether oxygens (including phenoxy) is 3. The minimum absolute atomic E-state index is 0.195. The second-order valence-corrected chi connectivity index (χ2v) is 12.6. The number of amides is 1. The van der Waals surface area contributed by atoms with Crippen LogP contribution in [0.3, 0.4) is 0 Å². The molecule has 1 aliphatic heterocycles. The Bertz CT molecular complexity index is 1600. The minimum Gasteiger partial charge on any atom is -0.487 e. The van der Waals surface area contributed by atoms with Crippen LogP contribution in [0, 0.1) is 0 Å². The number of benzene rings is 3. The predicted molar refractivity (Wildman–Crippen MR) is 180 cm³/mol. The van der Waals surface area contributed by atoms with Crippen LogP contribution in [-0.4, -0.2) is 78.8 Å². The topological polar surface area (TPSA) is 84.4 Å². The van der Waals surface area contributed by atoms with Crippen LogP contribution in [-0.2, 0) is 22.7 Å². The summed E-state index contributed by atoms with van der Waals surface area (Å²) in [5.41, 5.74) is 3.50. The summed E-state index contributed by atoms with van der Waals surface area (Å²) >= 11 is 0. The van der Waals surface area contributed by atoms with Crippen LogP contribution in [0.25, 0.3) is 10.9 Å². The van der Waals surface area contributed by atoms with Crippen molar-refractivity contribution in [1.29, 1.82) is 0 Å². The average Bonchev–Trinajstić information content (AvgIpc) is 3.06. The van der Waals surface area contributed by atoms with E-state index in [0.29, 0.717) is 41.9 Å². The van der Waals surface area contributed by atoms with Crippen LogP contribution in [0.4, 0.5) is 10.5 Å². The molecular weight excluding hydrogens is 580 g/mol. The Balaban J connectivity index is 1.28. The maximum absolute atomic E-state index is 13.3. The van der Waals surface area contributed by atoms with Crippen LogP contribution >= 0.6 is 0 Å². The van der Waals surface area contributed by atoms with E-state index in [0.717, 1.165) is 49.4 Å². The molecule has 9 heteroatoms. The van der Waals surface area contributed by atoms with Gasteiger partial charge in [-0.3, -0.25) is 9.88 Å². The fourth-order valence-electron chi connectivity index (χ4n) is 5.42. The van der Waals surface area contributed by atoms with E-state index in [2.05, 4.69) is 14.8 Å². The SMILES string of the molecule is CN(CCCN1CCN(C(=O)OC(C)(C)C)CC1)c1cc2c(C(=O)OCc3ccccc3)ccnc2cc1OCc1ccccc1. The third-order valence-corrected chi connectivity index (χ3v) is 7.90. The van der Waals surface area contributed by atoms with Gasteiger partial charge in [-0.1, -0.05) is 60.7 Å². The highest BCUT2D eigenvalue weighted by Gasteiger charge is 2.26. The van der Waals surface area contributed by atoms with E-state index in [4.69, 9.17) is 14.2 Å². The highest BCUT2D eigenvalue weighted by molar-refractivity contribution is 6.04. The van der Waals surface area contributed by atoms with Gasteiger partial charge in [0, 0.05) is 57.4 Å². The van der Waals surface area contributed by atoms with E-state index in [1.807, 2.05) is 101 Å². The zero-order valence-electron chi connectivity index (χ0n) is 27.3. The van der Waals surface area contributed by atoms with Crippen LogP contribution in [0.1, 0.15) is 48.7 Å². The number of carbonyl (C=O) groups is 2. The van der Waals surface area contributed by atoms with Crippen molar-refractivity contribution in [3.8, 4) is 5.75 Å². The molecule has 0 unspecified atom stereocenters. The van der Waals surface area contributed by atoms with E-state index in [9.17, 15) is 9.59 Å². The number of carbonyl (C=O) groups excluding carboxylic acids is 2. The number of piperazine rings is 1. The summed E-state index contributed by atoms with van der Waals surface area (Å²) in [5, 5.41) is 0.715. The number of hydrogen-bond donors (Lipinski definition) is 0. The van der Waals surface area contributed by atoms with Crippen molar-refractivity contribution in [2.24, 2.45) is 0 Å². The first-order valence-corrected chi connectivity index (χ1v) is 15.9. The molecule has 242 valence electrons. The second-order valence-electron chi connectivity index (χ2n) is 12.6. The maximum atomic E-state index is 13.3. The van der Waals surface area contributed by atoms with Gasteiger partial charge >= 0.3 is 12.1 Å². The summed E-state index contributed by atoms with van der Waals surface area (Å²) < 4.78 is 17.6. The second kappa shape index (κ2) is 15.1. The first-order valence-electron chi connectivity index (χ1n) is 15.9. The molecule has 1 saturated heterocycles.